The Morgan fingerprint density at radius 1 is 1.29 bits per heavy atom. The molecule has 6 heteroatoms. The van der Waals surface area contributed by atoms with Crippen molar-refractivity contribution in [2.24, 2.45) is 5.73 Å². The zero-order valence-corrected chi connectivity index (χ0v) is 14.3. The molecule has 21 heavy (non-hydrogen) atoms. The summed E-state index contributed by atoms with van der Waals surface area (Å²) < 4.78 is 0. The lowest BCUT2D eigenvalue weighted by atomic mass is 9.94. The number of nitrogens with zero attached hydrogens (tertiary/aromatic N) is 1. The fourth-order valence-electron chi connectivity index (χ4n) is 1.89. The third-order valence-corrected chi connectivity index (χ3v) is 5.13. The van der Waals surface area contributed by atoms with Gasteiger partial charge < -0.3 is 5.73 Å². The van der Waals surface area contributed by atoms with Crippen LogP contribution in [0.5, 0.6) is 0 Å². The van der Waals surface area contributed by atoms with Gasteiger partial charge in [0.2, 0.25) is 0 Å². The molecule has 0 atom stereocenters. The van der Waals surface area contributed by atoms with Gasteiger partial charge >= 0.3 is 6.03 Å². The van der Waals surface area contributed by atoms with Gasteiger partial charge in [-0.15, -0.1) is 11.3 Å². The minimum Gasteiger partial charge on any atom is -0.351 e. The quantitative estimate of drug-likeness (QED) is 0.761. The first-order chi connectivity index (χ1) is 9.71. The number of thiophene rings is 1. The van der Waals surface area contributed by atoms with E-state index in [1.807, 2.05) is 11.4 Å². The number of urea groups is 1. The number of hydrogen-bond acceptors (Lipinski definition) is 2. The standard InChI is InChI=1S/C15H16Cl2N2OS/c1-15(2,3)12-7-9(8-21-12)19(14(18)20)11-6-4-5-10(16)13(11)17/h4-8H,1-3H3,(H2,18,20). The number of carbonyl (C=O) groups is 1. The van der Waals surface area contributed by atoms with Crippen LogP contribution in [0.2, 0.25) is 10.0 Å². The monoisotopic (exact) mass is 342 g/mol. The zero-order chi connectivity index (χ0) is 15.8. The minimum atomic E-state index is -0.600. The van der Waals surface area contributed by atoms with Crippen molar-refractivity contribution in [2.45, 2.75) is 26.2 Å². The summed E-state index contributed by atoms with van der Waals surface area (Å²) in [5.41, 5.74) is 6.71. The Hall–Kier alpha value is -1.23. The van der Waals surface area contributed by atoms with E-state index in [4.69, 9.17) is 28.9 Å². The molecule has 3 nitrogen and oxygen atoms in total. The van der Waals surface area contributed by atoms with E-state index >= 15 is 0 Å². The Morgan fingerprint density at radius 2 is 1.95 bits per heavy atom. The molecule has 0 fully saturated rings. The molecule has 2 aromatic rings. The predicted octanol–water partition coefficient (Wildman–Crippen LogP) is 5.57. The van der Waals surface area contributed by atoms with Crippen LogP contribution in [0.25, 0.3) is 0 Å². The summed E-state index contributed by atoms with van der Waals surface area (Å²) in [5, 5.41) is 2.58. The van der Waals surface area contributed by atoms with Crippen LogP contribution < -0.4 is 10.6 Å². The van der Waals surface area contributed by atoms with Crippen LogP contribution in [-0.2, 0) is 5.41 Å². The Balaban J connectivity index is 2.52. The van der Waals surface area contributed by atoms with Crippen LogP contribution in [0.3, 0.4) is 0 Å². The number of halogens is 2. The summed E-state index contributed by atoms with van der Waals surface area (Å²) in [5.74, 6) is 0. The van der Waals surface area contributed by atoms with Crippen LogP contribution in [0.15, 0.2) is 29.6 Å². The number of hydrogen-bond donors (Lipinski definition) is 1. The Labute approximate surface area is 138 Å². The van der Waals surface area contributed by atoms with Gasteiger partial charge in [-0.05, 0) is 23.6 Å². The minimum absolute atomic E-state index is 0.00433. The van der Waals surface area contributed by atoms with E-state index < -0.39 is 6.03 Å². The second-order valence-corrected chi connectivity index (χ2v) is 7.36. The molecule has 0 saturated carbocycles. The molecule has 2 N–H and O–H groups in total. The van der Waals surface area contributed by atoms with Crippen molar-refractivity contribution in [3.05, 3.63) is 44.6 Å². The predicted molar refractivity (Wildman–Crippen MR) is 91.2 cm³/mol. The van der Waals surface area contributed by atoms with E-state index in [-0.39, 0.29) is 5.41 Å². The first kappa shape index (κ1) is 16.1. The number of carbonyl (C=O) groups excluding carboxylic acids is 1. The van der Waals surface area contributed by atoms with Gasteiger partial charge in [0, 0.05) is 10.3 Å². The largest absolute Gasteiger partial charge is 0.351 e. The van der Waals surface area contributed by atoms with Crippen molar-refractivity contribution in [2.75, 3.05) is 4.90 Å². The molecule has 112 valence electrons. The molecule has 1 heterocycles. The molecule has 0 bridgehead atoms. The van der Waals surface area contributed by atoms with Crippen LogP contribution >= 0.6 is 34.5 Å². The molecule has 0 spiro atoms. The SMILES string of the molecule is CC(C)(C)c1cc(N(C(N)=O)c2cccc(Cl)c2Cl)cs1. The van der Waals surface area contributed by atoms with Gasteiger partial charge in [0.05, 0.1) is 21.4 Å². The molecular formula is C15H16Cl2N2OS. The molecule has 0 radical (unpaired) electrons. The number of nitrogens with two attached hydrogens (primary N) is 1. The third-order valence-electron chi connectivity index (χ3n) is 2.98. The summed E-state index contributed by atoms with van der Waals surface area (Å²) in [6.45, 7) is 6.34. The number of benzene rings is 1. The van der Waals surface area contributed by atoms with E-state index in [9.17, 15) is 4.79 Å². The van der Waals surface area contributed by atoms with Crippen LogP contribution in [0, 0.1) is 0 Å². The molecule has 0 unspecified atom stereocenters. The Bertz CT molecular complexity index is 677. The number of anilines is 2. The van der Waals surface area contributed by atoms with Crippen LogP contribution in [-0.4, -0.2) is 6.03 Å². The molecule has 2 rings (SSSR count). The smallest absolute Gasteiger partial charge is 0.323 e. The molecule has 2 amide bonds. The van der Waals surface area contributed by atoms with Gasteiger partial charge in [0.25, 0.3) is 0 Å². The van der Waals surface area contributed by atoms with Crippen molar-refractivity contribution >= 4 is 51.9 Å². The second-order valence-electron chi connectivity index (χ2n) is 5.67. The number of amides is 2. The lowest BCUT2D eigenvalue weighted by molar-refractivity contribution is 0.256. The maximum absolute atomic E-state index is 11.9. The number of rotatable bonds is 2. The highest BCUT2D eigenvalue weighted by Crippen LogP contribution is 2.39. The van der Waals surface area contributed by atoms with E-state index in [1.54, 1.807) is 29.5 Å². The topological polar surface area (TPSA) is 46.3 Å². The van der Waals surface area contributed by atoms with Crippen molar-refractivity contribution in [3.8, 4) is 0 Å². The highest BCUT2D eigenvalue weighted by molar-refractivity contribution is 7.10. The first-order valence-corrected chi connectivity index (χ1v) is 7.98. The van der Waals surface area contributed by atoms with Crippen molar-refractivity contribution in [3.63, 3.8) is 0 Å². The maximum atomic E-state index is 11.9. The lowest BCUT2D eigenvalue weighted by Crippen LogP contribution is -2.31. The Morgan fingerprint density at radius 3 is 2.48 bits per heavy atom. The summed E-state index contributed by atoms with van der Waals surface area (Å²) in [7, 11) is 0. The highest BCUT2D eigenvalue weighted by Gasteiger charge is 2.23. The zero-order valence-electron chi connectivity index (χ0n) is 12.0. The van der Waals surface area contributed by atoms with Gasteiger partial charge in [0.15, 0.2) is 0 Å². The van der Waals surface area contributed by atoms with E-state index in [0.29, 0.717) is 21.4 Å². The average molecular weight is 343 g/mol. The van der Waals surface area contributed by atoms with E-state index in [1.165, 1.54) is 4.90 Å². The highest BCUT2D eigenvalue weighted by atomic mass is 35.5. The van der Waals surface area contributed by atoms with Crippen molar-refractivity contribution < 1.29 is 4.79 Å². The van der Waals surface area contributed by atoms with Gasteiger partial charge in [-0.1, -0.05) is 50.0 Å². The Kier molecular flexibility index (Phi) is 4.51. The van der Waals surface area contributed by atoms with E-state index in [0.717, 1.165) is 4.88 Å². The van der Waals surface area contributed by atoms with Crippen molar-refractivity contribution in [1.29, 1.82) is 0 Å². The molecule has 0 aliphatic heterocycles. The molecule has 0 saturated heterocycles. The summed E-state index contributed by atoms with van der Waals surface area (Å²) in [4.78, 5) is 14.4. The van der Waals surface area contributed by atoms with Crippen molar-refractivity contribution in [1.82, 2.24) is 0 Å². The first-order valence-electron chi connectivity index (χ1n) is 6.34. The lowest BCUT2D eigenvalue weighted by Gasteiger charge is -2.21. The maximum Gasteiger partial charge on any atom is 0.323 e. The number of primary amides is 1. The van der Waals surface area contributed by atoms with Crippen LogP contribution in [0.1, 0.15) is 25.6 Å². The van der Waals surface area contributed by atoms with Gasteiger partial charge in [0.1, 0.15) is 0 Å². The normalized spacial score (nSPS) is 11.5. The summed E-state index contributed by atoms with van der Waals surface area (Å²) in [6.07, 6.45) is 0. The van der Waals surface area contributed by atoms with Gasteiger partial charge in [-0.2, -0.15) is 0 Å². The second kappa shape index (κ2) is 5.87. The third kappa shape index (κ3) is 3.34. The summed E-state index contributed by atoms with van der Waals surface area (Å²) in [6, 6.07) is 6.47. The van der Waals surface area contributed by atoms with Gasteiger partial charge in [-0.3, -0.25) is 4.90 Å². The molecule has 0 aliphatic rings. The van der Waals surface area contributed by atoms with Crippen LogP contribution in [0.4, 0.5) is 16.2 Å². The van der Waals surface area contributed by atoms with E-state index in [2.05, 4.69) is 20.8 Å². The summed E-state index contributed by atoms with van der Waals surface area (Å²) >= 11 is 13.8. The fraction of sp³-hybridized carbons (Fsp3) is 0.267. The molecule has 0 aliphatic carbocycles. The molecular weight excluding hydrogens is 327 g/mol. The fourth-order valence-corrected chi connectivity index (χ4v) is 3.23. The molecule has 1 aromatic heterocycles. The van der Waals surface area contributed by atoms with Gasteiger partial charge in [-0.25, -0.2) is 4.79 Å². The molecule has 1 aromatic carbocycles. The average Bonchev–Trinajstić information content (AvgIpc) is 2.83.